The van der Waals surface area contributed by atoms with Crippen molar-refractivity contribution in [3.63, 3.8) is 0 Å². The highest BCUT2D eigenvalue weighted by Crippen LogP contribution is 2.30. The second-order valence-electron chi connectivity index (χ2n) is 4.06. The molecular formula is C14H7Cl3F2O. The molecule has 2 aromatic carbocycles. The van der Waals surface area contributed by atoms with Gasteiger partial charge in [0.1, 0.15) is 0 Å². The average Bonchev–Trinajstić information content (AvgIpc) is 2.33. The fourth-order valence-corrected chi connectivity index (χ4v) is 2.78. The summed E-state index contributed by atoms with van der Waals surface area (Å²) in [5, 5.41) is 0.433. The number of carbonyl (C=O) groups is 1. The third-order valence-electron chi connectivity index (χ3n) is 2.67. The Hall–Kier alpha value is -1.16. The summed E-state index contributed by atoms with van der Waals surface area (Å²) >= 11 is 17.6. The number of rotatable bonds is 3. The highest BCUT2D eigenvalue weighted by atomic mass is 35.5. The van der Waals surface area contributed by atoms with Gasteiger partial charge in [0.05, 0.1) is 15.6 Å². The van der Waals surface area contributed by atoms with Crippen LogP contribution >= 0.6 is 34.8 Å². The van der Waals surface area contributed by atoms with Crippen LogP contribution in [0.4, 0.5) is 8.78 Å². The van der Waals surface area contributed by atoms with Gasteiger partial charge < -0.3 is 0 Å². The summed E-state index contributed by atoms with van der Waals surface area (Å²) in [5.74, 6) is -2.58. The molecule has 0 heterocycles. The van der Waals surface area contributed by atoms with Gasteiger partial charge in [0.2, 0.25) is 0 Å². The van der Waals surface area contributed by atoms with Crippen LogP contribution in [0, 0.1) is 11.6 Å². The molecule has 1 nitrogen and oxygen atoms in total. The van der Waals surface area contributed by atoms with Crippen molar-refractivity contribution in [2.24, 2.45) is 0 Å². The SMILES string of the molecule is O=C(Cc1cccc(F)c1F)c1c(Cl)cc(Cl)cc1Cl. The van der Waals surface area contributed by atoms with Gasteiger partial charge in [-0.1, -0.05) is 46.9 Å². The predicted octanol–water partition coefficient (Wildman–Crippen LogP) is 5.35. The molecule has 0 saturated heterocycles. The third-order valence-corrected chi connectivity index (χ3v) is 3.48. The van der Waals surface area contributed by atoms with E-state index in [0.29, 0.717) is 0 Å². The number of benzene rings is 2. The van der Waals surface area contributed by atoms with E-state index in [-0.39, 0.29) is 32.6 Å². The summed E-state index contributed by atoms with van der Waals surface area (Å²) in [7, 11) is 0. The molecule has 0 aliphatic carbocycles. The van der Waals surface area contributed by atoms with Crippen LogP contribution in [0.25, 0.3) is 0 Å². The highest BCUT2D eigenvalue weighted by Gasteiger charge is 2.18. The van der Waals surface area contributed by atoms with Gasteiger partial charge in [0.15, 0.2) is 17.4 Å². The van der Waals surface area contributed by atoms with Crippen molar-refractivity contribution in [1.82, 2.24) is 0 Å². The minimum atomic E-state index is -1.05. The zero-order valence-electron chi connectivity index (χ0n) is 9.89. The molecule has 0 unspecified atom stereocenters. The van der Waals surface area contributed by atoms with Crippen molar-refractivity contribution in [3.8, 4) is 0 Å². The molecule has 0 aromatic heterocycles. The first kappa shape index (κ1) is 15.2. The van der Waals surface area contributed by atoms with Crippen LogP contribution in [0.15, 0.2) is 30.3 Å². The molecule has 6 heteroatoms. The summed E-state index contributed by atoms with van der Waals surface area (Å²) < 4.78 is 26.6. The Bertz CT molecular complexity index is 663. The van der Waals surface area contributed by atoms with Crippen molar-refractivity contribution in [2.75, 3.05) is 0 Å². The molecule has 104 valence electrons. The van der Waals surface area contributed by atoms with Gasteiger partial charge in [-0.2, -0.15) is 0 Å². The largest absolute Gasteiger partial charge is 0.294 e. The predicted molar refractivity (Wildman–Crippen MR) is 75.9 cm³/mol. The Morgan fingerprint density at radius 1 is 1.05 bits per heavy atom. The topological polar surface area (TPSA) is 17.1 Å². The first-order valence-corrected chi connectivity index (χ1v) is 6.64. The zero-order chi connectivity index (χ0) is 14.9. The lowest BCUT2D eigenvalue weighted by atomic mass is 10.0. The highest BCUT2D eigenvalue weighted by molar-refractivity contribution is 6.42. The van der Waals surface area contributed by atoms with E-state index in [2.05, 4.69) is 0 Å². The fraction of sp³-hybridized carbons (Fsp3) is 0.0714. The molecule has 0 N–H and O–H groups in total. The molecule has 0 amide bonds. The first-order valence-electron chi connectivity index (χ1n) is 5.50. The second kappa shape index (κ2) is 6.08. The quantitative estimate of drug-likeness (QED) is 0.691. The van der Waals surface area contributed by atoms with Crippen LogP contribution in [-0.2, 0) is 6.42 Å². The molecule has 0 aliphatic rings. The third kappa shape index (κ3) is 3.11. The van der Waals surface area contributed by atoms with Gasteiger partial charge >= 0.3 is 0 Å². The van der Waals surface area contributed by atoms with Crippen LogP contribution in [0.2, 0.25) is 15.1 Å². The van der Waals surface area contributed by atoms with Crippen molar-refractivity contribution in [1.29, 1.82) is 0 Å². The van der Waals surface area contributed by atoms with Crippen molar-refractivity contribution in [3.05, 3.63) is 68.2 Å². The van der Waals surface area contributed by atoms with E-state index >= 15 is 0 Å². The van der Waals surface area contributed by atoms with Crippen LogP contribution < -0.4 is 0 Å². The molecule has 0 spiro atoms. The smallest absolute Gasteiger partial charge is 0.170 e. The molecule has 20 heavy (non-hydrogen) atoms. The van der Waals surface area contributed by atoms with E-state index in [1.807, 2.05) is 0 Å². The monoisotopic (exact) mass is 334 g/mol. The molecular weight excluding hydrogens is 329 g/mol. The van der Waals surface area contributed by atoms with Gasteiger partial charge in [-0.15, -0.1) is 0 Å². The van der Waals surface area contributed by atoms with Crippen LogP contribution in [0.5, 0.6) is 0 Å². The summed E-state index contributed by atoms with van der Waals surface area (Å²) in [6.07, 6.45) is -0.343. The van der Waals surface area contributed by atoms with E-state index in [1.54, 1.807) is 0 Å². The fourth-order valence-electron chi connectivity index (χ4n) is 1.75. The maximum atomic E-state index is 13.5. The molecule has 0 atom stereocenters. The summed E-state index contributed by atoms with van der Waals surface area (Å²) in [6, 6.07) is 6.36. The summed E-state index contributed by atoms with van der Waals surface area (Å²) in [5.41, 5.74) is -0.0153. The van der Waals surface area contributed by atoms with E-state index in [4.69, 9.17) is 34.8 Å². The Kier molecular flexibility index (Phi) is 4.63. The molecule has 2 rings (SSSR count). The Morgan fingerprint density at radius 3 is 2.25 bits per heavy atom. The maximum Gasteiger partial charge on any atom is 0.170 e. The molecule has 0 fully saturated rings. The lowest BCUT2D eigenvalue weighted by Crippen LogP contribution is -2.07. The van der Waals surface area contributed by atoms with Crippen LogP contribution in [0.1, 0.15) is 15.9 Å². The van der Waals surface area contributed by atoms with E-state index in [9.17, 15) is 13.6 Å². The lowest BCUT2D eigenvalue weighted by molar-refractivity contribution is 0.0992. The number of hydrogen-bond acceptors (Lipinski definition) is 1. The Balaban J connectivity index is 2.36. The minimum absolute atomic E-state index is 0.0430. The van der Waals surface area contributed by atoms with Gasteiger partial charge in [-0.25, -0.2) is 8.78 Å². The molecule has 0 saturated carbocycles. The van der Waals surface area contributed by atoms with Crippen molar-refractivity contribution >= 4 is 40.6 Å². The standard InChI is InChI=1S/C14H7Cl3F2O/c15-8-5-9(16)13(10(17)6-8)12(20)4-7-2-1-3-11(18)14(7)19/h1-3,5-6H,4H2. The molecule has 0 aliphatic heterocycles. The van der Waals surface area contributed by atoms with Crippen molar-refractivity contribution < 1.29 is 13.6 Å². The van der Waals surface area contributed by atoms with Crippen LogP contribution in [0.3, 0.4) is 0 Å². The Labute approximate surface area is 129 Å². The van der Waals surface area contributed by atoms with Gasteiger partial charge in [-0.05, 0) is 23.8 Å². The number of hydrogen-bond donors (Lipinski definition) is 0. The minimum Gasteiger partial charge on any atom is -0.294 e. The van der Waals surface area contributed by atoms with E-state index in [1.165, 1.54) is 24.3 Å². The summed E-state index contributed by atoms with van der Waals surface area (Å²) in [6.45, 7) is 0. The van der Waals surface area contributed by atoms with Gasteiger partial charge in [0.25, 0.3) is 0 Å². The number of carbonyl (C=O) groups excluding carboxylic acids is 1. The summed E-state index contributed by atoms with van der Waals surface area (Å²) in [4.78, 5) is 12.1. The lowest BCUT2D eigenvalue weighted by Gasteiger charge is -2.08. The average molecular weight is 336 g/mol. The molecule has 0 radical (unpaired) electrons. The Morgan fingerprint density at radius 2 is 1.65 bits per heavy atom. The number of ketones is 1. The maximum absolute atomic E-state index is 13.5. The molecule has 0 bridgehead atoms. The number of halogens is 5. The number of Topliss-reactive ketones (excluding diaryl/α,β-unsaturated/α-hetero) is 1. The van der Waals surface area contributed by atoms with E-state index in [0.717, 1.165) is 6.07 Å². The molecule has 2 aromatic rings. The van der Waals surface area contributed by atoms with E-state index < -0.39 is 17.4 Å². The second-order valence-corrected chi connectivity index (χ2v) is 5.31. The normalized spacial score (nSPS) is 10.7. The van der Waals surface area contributed by atoms with Gasteiger partial charge in [0, 0.05) is 11.4 Å². The first-order chi connectivity index (χ1) is 9.40. The van der Waals surface area contributed by atoms with Crippen LogP contribution in [-0.4, -0.2) is 5.78 Å². The van der Waals surface area contributed by atoms with Crippen molar-refractivity contribution in [2.45, 2.75) is 6.42 Å². The zero-order valence-corrected chi connectivity index (χ0v) is 12.2. The van der Waals surface area contributed by atoms with Gasteiger partial charge in [-0.3, -0.25) is 4.79 Å².